The van der Waals surface area contributed by atoms with E-state index in [9.17, 15) is 4.79 Å². The van der Waals surface area contributed by atoms with Crippen molar-refractivity contribution in [3.8, 4) is 0 Å². The van der Waals surface area contributed by atoms with Crippen LogP contribution in [0.3, 0.4) is 0 Å². The van der Waals surface area contributed by atoms with Crippen LogP contribution < -0.4 is 4.90 Å². The number of nitrogens with zero attached hydrogens (tertiary/aromatic N) is 2. The molecule has 2 heterocycles. The van der Waals surface area contributed by atoms with Crippen LogP contribution in [0.5, 0.6) is 0 Å². The van der Waals surface area contributed by atoms with Gasteiger partial charge in [0.2, 0.25) is 0 Å². The first-order valence-corrected chi connectivity index (χ1v) is 5.65. The highest BCUT2D eigenvalue weighted by Gasteiger charge is 2.33. The molecule has 1 saturated heterocycles. The molecule has 0 bridgehead atoms. The van der Waals surface area contributed by atoms with Gasteiger partial charge in [-0.1, -0.05) is 0 Å². The Morgan fingerprint density at radius 1 is 1.33 bits per heavy atom. The van der Waals surface area contributed by atoms with Gasteiger partial charge in [-0.3, -0.25) is 0 Å². The van der Waals surface area contributed by atoms with E-state index >= 15 is 0 Å². The van der Waals surface area contributed by atoms with Gasteiger partial charge in [-0.05, 0) is 12.1 Å². The third-order valence-electron chi connectivity index (χ3n) is 3.14. The first-order chi connectivity index (χ1) is 8.65. The maximum Gasteiger partial charge on any atom is 0.337 e. The minimum absolute atomic E-state index is 0.0101. The van der Waals surface area contributed by atoms with Crippen molar-refractivity contribution < 1.29 is 19.4 Å². The summed E-state index contributed by atoms with van der Waals surface area (Å²) in [5, 5.41) is 8.81. The molecule has 0 saturated carbocycles. The molecule has 1 aromatic heterocycles. The molecule has 2 unspecified atom stereocenters. The van der Waals surface area contributed by atoms with Gasteiger partial charge in [0.05, 0.1) is 5.56 Å². The highest BCUT2D eigenvalue weighted by molar-refractivity contribution is 5.87. The lowest BCUT2D eigenvalue weighted by molar-refractivity contribution is -0.00461. The third-order valence-corrected chi connectivity index (χ3v) is 3.14. The largest absolute Gasteiger partial charge is 0.478 e. The van der Waals surface area contributed by atoms with Gasteiger partial charge < -0.3 is 19.5 Å². The van der Waals surface area contributed by atoms with Gasteiger partial charge in [0, 0.05) is 33.5 Å². The Hall–Kier alpha value is -1.66. The smallest absolute Gasteiger partial charge is 0.337 e. The number of hydrogen-bond acceptors (Lipinski definition) is 5. The van der Waals surface area contributed by atoms with Crippen molar-refractivity contribution in [3.05, 3.63) is 23.9 Å². The molecule has 18 heavy (non-hydrogen) atoms. The van der Waals surface area contributed by atoms with Crippen molar-refractivity contribution in [1.29, 1.82) is 0 Å². The summed E-state index contributed by atoms with van der Waals surface area (Å²) in [7, 11) is 3.31. The fourth-order valence-corrected chi connectivity index (χ4v) is 2.08. The average Bonchev–Trinajstić information content (AvgIpc) is 2.82. The van der Waals surface area contributed by atoms with Gasteiger partial charge in [-0.25, -0.2) is 9.78 Å². The van der Waals surface area contributed by atoms with Crippen LogP contribution in [-0.4, -0.2) is 55.6 Å². The van der Waals surface area contributed by atoms with E-state index in [1.807, 2.05) is 4.90 Å². The molecule has 1 aliphatic rings. The number of carboxylic acid groups (broad SMARTS) is 1. The molecule has 1 aromatic rings. The quantitative estimate of drug-likeness (QED) is 0.847. The Morgan fingerprint density at radius 2 is 1.94 bits per heavy atom. The predicted octanol–water partition coefficient (Wildman–Crippen LogP) is 0.630. The second-order valence-electron chi connectivity index (χ2n) is 4.16. The Labute approximate surface area is 105 Å². The zero-order chi connectivity index (χ0) is 13.1. The fraction of sp³-hybridized carbons (Fsp3) is 0.500. The Balaban J connectivity index is 2.11. The Bertz CT molecular complexity index is 409. The normalized spacial score (nSPS) is 23.3. The molecule has 0 radical (unpaired) electrons. The number of pyridine rings is 1. The second kappa shape index (κ2) is 5.32. The average molecular weight is 252 g/mol. The first-order valence-electron chi connectivity index (χ1n) is 5.65. The summed E-state index contributed by atoms with van der Waals surface area (Å²) in [4.78, 5) is 16.9. The standard InChI is InChI=1S/C12H16N2O4/c1-17-9-6-14(7-10(9)18-2)11-4-3-8(5-13-11)12(15)16/h3-5,9-10H,6-7H2,1-2H3,(H,15,16). The Morgan fingerprint density at radius 3 is 2.33 bits per heavy atom. The molecule has 0 amide bonds. The van der Waals surface area contributed by atoms with Gasteiger partial charge in [0.15, 0.2) is 0 Å². The number of aromatic nitrogens is 1. The van der Waals surface area contributed by atoms with E-state index in [1.165, 1.54) is 6.20 Å². The van der Waals surface area contributed by atoms with Gasteiger partial charge in [-0.2, -0.15) is 0 Å². The van der Waals surface area contributed by atoms with E-state index in [0.717, 1.165) is 5.82 Å². The van der Waals surface area contributed by atoms with E-state index in [2.05, 4.69) is 4.98 Å². The van der Waals surface area contributed by atoms with Crippen LogP contribution in [0.25, 0.3) is 0 Å². The summed E-state index contributed by atoms with van der Waals surface area (Å²) < 4.78 is 10.7. The molecule has 1 N–H and O–H groups in total. The zero-order valence-electron chi connectivity index (χ0n) is 10.4. The van der Waals surface area contributed by atoms with Crippen molar-refractivity contribution >= 4 is 11.8 Å². The van der Waals surface area contributed by atoms with E-state index in [4.69, 9.17) is 14.6 Å². The minimum atomic E-state index is -0.972. The molecule has 1 aliphatic heterocycles. The number of rotatable bonds is 4. The van der Waals surface area contributed by atoms with Crippen LogP contribution in [0.4, 0.5) is 5.82 Å². The molecule has 6 nitrogen and oxygen atoms in total. The van der Waals surface area contributed by atoms with Crippen molar-refractivity contribution in [1.82, 2.24) is 4.98 Å². The maximum absolute atomic E-state index is 10.7. The van der Waals surface area contributed by atoms with Crippen LogP contribution in [0.15, 0.2) is 18.3 Å². The lowest BCUT2D eigenvalue weighted by atomic mass is 10.3. The molecule has 1 fully saturated rings. The maximum atomic E-state index is 10.7. The van der Waals surface area contributed by atoms with Crippen molar-refractivity contribution in [2.75, 3.05) is 32.2 Å². The zero-order valence-corrected chi connectivity index (χ0v) is 10.4. The van der Waals surface area contributed by atoms with E-state index in [0.29, 0.717) is 13.1 Å². The summed E-state index contributed by atoms with van der Waals surface area (Å²) in [5.41, 5.74) is 0.185. The number of aromatic carboxylic acids is 1. The number of carboxylic acids is 1. The van der Waals surface area contributed by atoms with Crippen LogP contribution in [0.1, 0.15) is 10.4 Å². The van der Waals surface area contributed by atoms with E-state index in [-0.39, 0.29) is 17.8 Å². The highest BCUT2D eigenvalue weighted by Crippen LogP contribution is 2.21. The Kier molecular flexibility index (Phi) is 3.78. The summed E-state index contributed by atoms with van der Waals surface area (Å²) in [5.74, 6) is -0.235. The number of methoxy groups -OCH3 is 2. The van der Waals surface area contributed by atoms with Crippen LogP contribution >= 0.6 is 0 Å². The molecular weight excluding hydrogens is 236 g/mol. The number of ether oxygens (including phenoxy) is 2. The highest BCUT2D eigenvalue weighted by atomic mass is 16.5. The van der Waals surface area contributed by atoms with Gasteiger partial charge in [-0.15, -0.1) is 0 Å². The molecular formula is C12H16N2O4. The molecule has 2 rings (SSSR count). The summed E-state index contributed by atoms with van der Waals surface area (Å²) in [6.45, 7) is 1.38. The van der Waals surface area contributed by atoms with Crippen LogP contribution in [0.2, 0.25) is 0 Å². The van der Waals surface area contributed by atoms with Crippen LogP contribution in [-0.2, 0) is 9.47 Å². The van der Waals surface area contributed by atoms with Crippen molar-refractivity contribution in [2.45, 2.75) is 12.2 Å². The number of anilines is 1. The lowest BCUT2D eigenvalue weighted by Gasteiger charge is -2.16. The summed E-state index contributed by atoms with van der Waals surface area (Å²) >= 11 is 0. The second-order valence-corrected chi connectivity index (χ2v) is 4.16. The lowest BCUT2D eigenvalue weighted by Crippen LogP contribution is -2.27. The van der Waals surface area contributed by atoms with Crippen molar-refractivity contribution in [3.63, 3.8) is 0 Å². The predicted molar refractivity (Wildman–Crippen MR) is 65.0 cm³/mol. The molecule has 6 heteroatoms. The van der Waals surface area contributed by atoms with Gasteiger partial charge in [0.25, 0.3) is 0 Å². The van der Waals surface area contributed by atoms with E-state index < -0.39 is 5.97 Å². The molecule has 2 atom stereocenters. The number of carbonyl (C=O) groups is 1. The molecule has 0 spiro atoms. The fourth-order valence-electron chi connectivity index (χ4n) is 2.08. The third kappa shape index (κ3) is 2.44. The van der Waals surface area contributed by atoms with Gasteiger partial charge >= 0.3 is 5.97 Å². The molecule has 98 valence electrons. The first kappa shape index (κ1) is 12.8. The topological polar surface area (TPSA) is 71.9 Å². The monoisotopic (exact) mass is 252 g/mol. The molecule has 0 aromatic carbocycles. The molecule has 0 aliphatic carbocycles. The SMILES string of the molecule is COC1CN(c2ccc(C(=O)O)cn2)CC1OC. The van der Waals surface area contributed by atoms with Crippen LogP contribution in [0, 0.1) is 0 Å². The van der Waals surface area contributed by atoms with E-state index in [1.54, 1.807) is 26.4 Å². The summed E-state index contributed by atoms with van der Waals surface area (Å²) in [6.07, 6.45) is 1.38. The van der Waals surface area contributed by atoms with Gasteiger partial charge in [0.1, 0.15) is 18.0 Å². The summed E-state index contributed by atoms with van der Waals surface area (Å²) in [6, 6.07) is 3.25. The number of hydrogen-bond donors (Lipinski definition) is 1. The minimum Gasteiger partial charge on any atom is -0.478 e. The van der Waals surface area contributed by atoms with Crippen molar-refractivity contribution in [2.24, 2.45) is 0 Å².